The number of nitrogens with zero attached hydrogens (tertiary/aromatic N) is 2. The molecule has 0 spiro atoms. The van der Waals surface area contributed by atoms with Crippen LogP contribution in [0.25, 0.3) is 0 Å². The number of carbonyl (C=O) groups excluding carboxylic acids is 1. The van der Waals surface area contributed by atoms with Crippen molar-refractivity contribution in [2.24, 2.45) is 10.7 Å². The Labute approximate surface area is 208 Å². The quantitative estimate of drug-likeness (QED) is 0.261. The smallest absolute Gasteiger partial charge is 0.459 e. The molecule has 0 saturated carbocycles. The molecule has 5 N–H and O–H groups in total. The average Bonchev–Trinajstić information content (AvgIpc) is 3.06. The van der Waals surface area contributed by atoms with Crippen molar-refractivity contribution in [1.82, 2.24) is 9.99 Å². The maximum atomic E-state index is 13.6. The Morgan fingerprint density at radius 3 is 2.60 bits per heavy atom. The molecule has 2 aliphatic heterocycles. The number of hydrogen-bond acceptors (Lipinski definition) is 11. The molecule has 0 radical (unpaired) electrons. The molecule has 2 heterocycles. The minimum atomic E-state index is -4.11. The molecular formula is C22H31N4O7PS. The van der Waals surface area contributed by atoms with Crippen LogP contribution in [0, 0.1) is 0 Å². The molecule has 0 amide bonds. The molecule has 35 heavy (non-hydrogen) atoms. The number of aliphatic imine (C=N–C) groups is 1. The van der Waals surface area contributed by atoms with Crippen LogP contribution in [0.1, 0.15) is 20.8 Å². The van der Waals surface area contributed by atoms with Gasteiger partial charge >= 0.3 is 13.7 Å². The minimum Gasteiger partial charge on any atom is -0.462 e. The molecular weight excluding hydrogens is 495 g/mol. The summed E-state index contributed by atoms with van der Waals surface area (Å²) in [4.78, 5) is 17.9. The highest BCUT2D eigenvalue weighted by Gasteiger charge is 2.46. The first kappa shape index (κ1) is 27.3. The summed E-state index contributed by atoms with van der Waals surface area (Å²) in [6.45, 7) is 8.46. The van der Waals surface area contributed by atoms with Crippen molar-refractivity contribution < 1.29 is 33.4 Å². The van der Waals surface area contributed by atoms with Crippen molar-refractivity contribution in [3.63, 3.8) is 0 Å². The summed E-state index contributed by atoms with van der Waals surface area (Å²) in [5.41, 5.74) is 5.67. The van der Waals surface area contributed by atoms with Crippen molar-refractivity contribution in [1.29, 1.82) is 0 Å². The molecule has 0 aliphatic carbocycles. The van der Waals surface area contributed by atoms with Crippen molar-refractivity contribution >= 4 is 31.3 Å². The normalized spacial score (nSPS) is 26.9. The molecule has 0 aromatic heterocycles. The van der Waals surface area contributed by atoms with E-state index in [9.17, 15) is 19.6 Å². The standard InChI is InChI=1S/C22H31N4O7PS/c1-13(2)32-22(29)14(3)25-34(30,33-16-8-6-5-7-9-16)31-12-17-19(27)20(28)21(35-17)26-11-10-18(23)24-15(26)4/h5-11,13-14,17,19-21,27-28H,4,12H2,1-3H3,(H2,23,24)(H,25,30)/t14-,17+,19+,20-,21+,34?/m0/s1. The van der Waals surface area contributed by atoms with Gasteiger partial charge < -0.3 is 30.1 Å². The molecule has 11 nitrogen and oxygen atoms in total. The number of benzene rings is 1. The molecule has 3 rings (SSSR count). The summed E-state index contributed by atoms with van der Waals surface area (Å²) in [6.07, 6.45) is 0.439. The number of ether oxygens (including phenoxy) is 1. The van der Waals surface area contributed by atoms with Gasteiger partial charge in [0.25, 0.3) is 0 Å². The highest BCUT2D eigenvalue weighted by atomic mass is 32.2. The lowest BCUT2D eigenvalue weighted by Gasteiger charge is -2.30. The molecule has 1 unspecified atom stereocenters. The summed E-state index contributed by atoms with van der Waals surface area (Å²) >= 11 is 1.20. The first-order chi connectivity index (χ1) is 16.5. The lowest BCUT2D eigenvalue weighted by Crippen LogP contribution is -2.41. The SMILES string of the molecule is C=C1N=C(N)C=CN1[C@@H]1S[C@H](COP(=O)(N[C@@H](C)C(=O)OC(C)C)Oc2ccccc2)[C@@H](O)[C@@H]1O. The fraction of sp³-hybridized carbons (Fsp3) is 0.455. The Morgan fingerprint density at radius 1 is 1.29 bits per heavy atom. The summed E-state index contributed by atoms with van der Waals surface area (Å²) < 4.78 is 30.1. The van der Waals surface area contributed by atoms with Crippen LogP contribution in [-0.2, 0) is 18.6 Å². The Kier molecular flexibility index (Phi) is 9.03. The Bertz CT molecular complexity index is 1020. The lowest BCUT2D eigenvalue weighted by molar-refractivity contribution is -0.149. The number of rotatable bonds is 10. The third kappa shape index (κ3) is 7.09. The highest BCUT2D eigenvalue weighted by Crippen LogP contribution is 2.47. The van der Waals surface area contributed by atoms with E-state index >= 15 is 0 Å². The zero-order valence-electron chi connectivity index (χ0n) is 19.7. The van der Waals surface area contributed by atoms with Crippen molar-refractivity contribution in [2.75, 3.05) is 6.61 Å². The van der Waals surface area contributed by atoms with Crippen molar-refractivity contribution in [3.05, 3.63) is 55.0 Å². The fourth-order valence-corrected chi connectivity index (χ4v) is 6.41. The van der Waals surface area contributed by atoms with Crippen LogP contribution in [0.15, 0.2) is 60.0 Å². The van der Waals surface area contributed by atoms with Gasteiger partial charge in [-0.2, -0.15) is 5.09 Å². The summed E-state index contributed by atoms with van der Waals surface area (Å²) in [7, 11) is -4.11. The number of hydrogen-bond donors (Lipinski definition) is 4. The number of nitrogens with one attached hydrogen (secondary N) is 1. The van der Waals surface area contributed by atoms with E-state index in [-0.39, 0.29) is 24.3 Å². The van der Waals surface area contributed by atoms with E-state index in [1.54, 1.807) is 61.4 Å². The van der Waals surface area contributed by atoms with E-state index in [0.717, 1.165) is 0 Å². The fourth-order valence-electron chi connectivity index (χ4n) is 3.32. The molecule has 6 atom stereocenters. The highest BCUT2D eigenvalue weighted by molar-refractivity contribution is 8.00. The summed E-state index contributed by atoms with van der Waals surface area (Å²) in [5.74, 6) is 0.226. The lowest BCUT2D eigenvalue weighted by atomic mass is 10.1. The van der Waals surface area contributed by atoms with Gasteiger partial charge in [0.1, 0.15) is 34.9 Å². The third-order valence-corrected chi connectivity index (χ3v) is 8.20. The zero-order chi connectivity index (χ0) is 25.8. The number of carbonyl (C=O) groups is 1. The molecule has 1 fully saturated rings. The second kappa shape index (κ2) is 11.6. The number of para-hydroxylation sites is 1. The largest absolute Gasteiger partial charge is 0.462 e. The number of thioether (sulfide) groups is 1. The van der Waals surface area contributed by atoms with Gasteiger partial charge in [-0.3, -0.25) is 9.32 Å². The van der Waals surface area contributed by atoms with E-state index in [4.69, 9.17) is 19.5 Å². The van der Waals surface area contributed by atoms with Gasteiger partial charge in [0.2, 0.25) is 0 Å². The van der Waals surface area contributed by atoms with Crippen LogP contribution in [-0.4, -0.2) is 68.5 Å². The monoisotopic (exact) mass is 526 g/mol. The number of nitrogens with two attached hydrogens (primary N) is 1. The van der Waals surface area contributed by atoms with Crippen LogP contribution >= 0.6 is 19.5 Å². The van der Waals surface area contributed by atoms with Crippen molar-refractivity contribution in [2.45, 2.75) is 55.7 Å². The van der Waals surface area contributed by atoms with Crippen LogP contribution in [0.3, 0.4) is 0 Å². The molecule has 1 aromatic rings. The molecule has 2 aliphatic rings. The van der Waals surface area contributed by atoms with Crippen molar-refractivity contribution in [3.8, 4) is 5.75 Å². The van der Waals surface area contributed by atoms with Gasteiger partial charge in [0, 0.05) is 6.20 Å². The van der Waals surface area contributed by atoms with E-state index in [1.165, 1.54) is 18.7 Å². The summed E-state index contributed by atoms with van der Waals surface area (Å²) in [5, 5.41) is 22.6. The first-order valence-corrected chi connectivity index (χ1v) is 13.5. The average molecular weight is 527 g/mol. The first-order valence-electron chi connectivity index (χ1n) is 11.0. The second-order valence-corrected chi connectivity index (χ2v) is 11.3. The number of aliphatic hydroxyl groups excluding tert-OH is 2. The second-order valence-electron chi connectivity index (χ2n) is 8.26. The number of amidine groups is 1. The van der Waals surface area contributed by atoms with Crippen LogP contribution in [0.4, 0.5) is 0 Å². The van der Waals surface area contributed by atoms with Crippen LogP contribution in [0.2, 0.25) is 0 Å². The maximum Gasteiger partial charge on any atom is 0.459 e. The molecule has 1 aromatic carbocycles. The summed E-state index contributed by atoms with van der Waals surface area (Å²) in [6, 6.07) is 7.34. The molecule has 0 bridgehead atoms. The van der Waals surface area contributed by atoms with E-state index in [2.05, 4.69) is 16.7 Å². The number of esters is 1. The van der Waals surface area contributed by atoms with Crippen LogP contribution < -0.4 is 15.3 Å². The Balaban J connectivity index is 1.71. The number of aliphatic hydroxyl groups is 2. The molecule has 192 valence electrons. The Hall–Kier alpha value is -2.34. The van der Waals surface area contributed by atoms with E-state index in [1.807, 2.05) is 0 Å². The van der Waals surface area contributed by atoms with Gasteiger partial charge in [0.15, 0.2) is 0 Å². The molecule has 1 saturated heterocycles. The molecule has 13 heteroatoms. The predicted molar refractivity (Wildman–Crippen MR) is 133 cm³/mol. The zero-order valence-corrected chi connectivity index (χ0v) is 21.4. The maximum absolute atomic E-state index is 13.6. The van der Waals surface area contributed by atoms with E-state index in [0.29, 0.717) is 5.82 Å². The minimum absolute atomic E-state index is 0.252. The predicted octanol–water partition coefficient (Wildman–Crippen LogP) is 1.94. The third-order valence-electron chi connectivity index (χ3n) is 5.01. The van der Waals surface area contributed by atoms with Gasteiger partial charge in [-0.15, -0.1) is 11.8 Å². The van der Waals surface area contributed by atoms with Gasteiger partial charge in [-0.1, -0.05) is 24.8 Å². The van der Waals surface area contributed by atoms with Gasteiger partial charge in [-0.05, 0) is 39.0 Å². The van der Waals surface area contributed by atoms with Gasteiger partial charge in [0.05, 0.1) is 24.1 Å². The van der Waals surface area contributed by atoms with E-state index < -0.39 is 42.6 Å². The topological polar surface area (TPSA) is 156 Å². The Morgan fingerprint density at radius 2 is 1.97 bits per heavy atom. The van der Waals surface area contributed by atoms with Crippen LogP contribution in [0.5, 0.6) is 5.75 Å². The van der Waals surface area contributed by atoms with Gasteiger partial charge in [-0.25, -0.2) is 9.56 Å².